The Bertz CT molecular complexity index is 410. The lowest BCUT2D eigenvalue weighted by Gasteiger charge is -2.08. The predicted octanol–water partition coefficient (Wildman–Crippen LogP) is 3.25. The van der Waals surface area contributed by atoms with Gasteiger partial charge in [0.05, 0.1) is 4.83 Å². The molecule has 0 saturated heterocycles. The van der Waals surface area contributed by atoms with Crippen molar-refractivity contribution < 1.29 is 9.59 Å². The van der Waals surface area contributed by atoms with Gasteiger partial charge in [0.2, 0.25) is 5.91 Å². The first-order chi connectivity index (χ1) is 7.91. The van der Waals surface area contributed by atoms with Gasteiger partial charge < -0.3 is 5.32 Å². The summed E-state index contributed by atoms with van der Waals surface area (Å²) in [5.41, 5.74) is 1.35. The van der Waals surface area contributed by atoms with Crippen molar-refractivity contribution in [1.82, 2.24) is 0 Å². The number of alkyl halides is 1. The van der Waals surface area contributed by atoms with E-state index in [1.54, 1.807) is 31.2 Å². The van der Waals surface area contributed by atoms with Crippen LogP contribution in [0, 0.1) is 5.92 Å². The van der Waals surface area contributed by atoms with Gasteiger partial charge in [-0.25, -0.2) is 0 Å². The van der Waals surface area contributed by atoms with Gasteiger partial charge >= 0.3 is 0 Å². The van der Waals surface area contributed by atoms with Gasteiger partial charge in [0.25, 0.3) is 0 Å². The summed E-state index contributed by atoms with van der Waals surface area (Å²) < 4.78 is 0. The summed E-state index contributed by atoms with van der Waals surface area (Å²) in [6.45, 7) is 5.45. The Kier molecular flexibility index (Phi) is 4.87. The Morgan fingerprint density at radius 2 is 1.65 bits per heavy atom. The molecule has 0 fully saturated rings. The second-order valence-electron chi connectivity index (χ2n) is 4.20. The number of benzene rings is 1. The largest absolute Gasteiger partial charge is 0.326 e. The topological polar surface area (TPSA) is 46.2 Å². The number of Topliss-reactive ketones (excluding diaryl/α,β-unsaturated/α-hetero) is 1. The number of hydrogen-bond donors (Lipinski definition) is 1. The number of nitrogens with one attached hydrogen (secondary N) is 1. The van der Waals surface area contributed by atoms with Crippen LogP contribution in [-0.2, 0) is 4.79 Å². The number of amides is 1. The highest BCUT2D eigenvalue weighted by molar-refractivity contribution is 9.10. The zero-order valence-electron chi connectivity index (χ0n) is 10.2. The van der Waals surface area contributed by atoms with Crippen LogP contribution in [0.25, 0.3) is 0 Å². The maximum Gasteiger partial charge on any atom is 0.226 e. The number of carbonyl (C=O) groups is 2. The van der Waals surface area contributed by atoms with E-state index in [2.05, 4.69) is 21.2 Å². The summed E-state index contributed by atoms with van der Waals surface area (Å²) in [5.74, 6) is -0.0523. The lowest BCUT2D eigenvalue weighted by molar-refractivity contribution is -0.118. The number of ketones is 1. The molecule has 0 aliphatic carbocycles. The lowest BCUT2D eigenvalue weighted by atomic mass is 10.1. The van der Waals surface area contributed by atoms with Gasteiger partial charge in [0.15, 0.2) is 5.78 Å². The van der Waals surface area contributed by atoms with Gasteiger partial charge in [-0.15, -0.1) is 0 Å². The van der Waals surface area contributed by atoms with Crippen LogP contribution in [-0.4, -0.2) is 16.5 Å². The van der Waals surface area contributed by atoms with Crippen molar-refractivity contribution in [3.05, 3.63) is 29.8 Å². The van der Waals surface area contributed by atoms with Crippen LogP contribution in [0.3, 0.4) is 0 Å². The van der Waals surface area contributed by atoms with Crippen molar-refractivity contribution in [2.24, 2.45) is 5.92 Å². The average Bonchev–Trinajstić information content (AvgIpc) is 2.28. The van der Waals surface area contributed by atoms with Crippen LogP contribution in [0.4, 0.5) is 5.69 Å². The van der Waals surface area contributed by atoms with Gasteiger partial charge in [0.1, 0.15) is 0 Å². The van der Waals surface area contributed by atoms with Crippen LogP contribution >= 0.6 is 15.9 Å². The molecular formula is C13H16BrNO2. The molecule has 4 heteroatoms. The monoisotopic (exact) mass is 297 g/mol. The van der Waals surface area contributed by atoms with E-state index in [0.717, 1.165) is 0 Å². The summed E-state index contributed by atoms with van der Waals surface area (Å²) >= 11 is 3.24. The zero-order valence-corrected chi connectivity index (χ0v) is 11.7. The van der Waals surface area contributed by atoms with E-state index in [-0.39, 0.29) is 22.4 Å². The Balaban J connectivity index is 2.75. The SMILES string of the molecule is CC(C)C(=O)Nc1ccc(C(=O)C(C)Br)cc1. The second-order valence-corrected chi connectivity index (χ2v) is 5.58. The van der Waals surface area contributed by atoms with Crippen LogP contribution in [0.15, 0.2) is 24.3 Å². The standard InChI is InChI=1S/C13H16BrNO2/c1-8(2)13(17)15-11-6-4-10(5-7-11)12(16)9(3)14/h4-9H,1-3H3,(H,15,17). The van der Waals surface area contributed by atoms with E-state index in [1.807, 2.05) is 13.8 Å². The molecule has 3 nitrogen and oxygen atoms in total. The molecule has 0 aliphatic rings. The fourth-order valence-corrected chi connectivity index (χ4v) is 1.50. The molecule has 0 bridgehead atoms. The Hall–Kier alpha value is -1.16. The number of hydrogen-bond acceptors (Lipinski definition) is 2. The number of anilines is 1. The van der Waals surface area contributed by atoms with Crippen molar-refractivity contribution in [2.75, 3.05) is 5.32 Å². The average molecular weight is 298 g/mol. The molecule has 0 aliphatic heterocycles. The van der Waals surface area contributed by atoms with Gasteiger partial charge in [-0.2, -0.15) is 0 Å². The van der Waals surface area contributed by atoms with E-state index in [9.17, 15) is 9.59 Å². The van der Waals surface area contributed by atoms with Crippen LogP contribution in [0.1, 0.15) is 31.1 Å². The first kappa shape index (κ1) is 13.9. The highest BCUT2D eigenvalue weighted by atomic mass is 79.9. The highest BCUT2D eigenvalue weighted by Crippen LogP contribution is 2.14. The molecular weight excluding hydrogens is 282 g/mol. The van der Waals surface area contributed by atoms with E-state index in [4.69, 9.17) is 0 Å². The molecule has 1 aromatic rings. The maximum atomic E-state index is 11.7. The molecule has 0 aromatic heterocycles. The lowest BCUT2D eigenvalue weighted by Crippen LogP contribution is -2.17. The number of carbonyl (C=O) groups excluding carboxylic acids is 2. The molecule has 1 rings (SSSR count). The van der Waals surface area contributed by atoms with E-state index >= 15 is 0 Å². The molecule has 0 spiro atoms. The molecule has 92 valence electrons. The van der Waals surface area contributed by atoms with Crippen LogP contribution in [0.5, 0.6) is 0 Å². The smallest absolute Gasteiger partial charge is 0.226 e. The van der Waals surface area contributed by atoms with Crippen LogP contribution in [0.2, 0.25) is 0 Å². The molecule has 1 aromatic carbocycles. The minimum Gasteiger partial charge on any atom is -0.326 e. The summed E-state index contributed by atoms with van der Waals surface area (Å²) in [6.07, 6.45) is 0. The Morgan fingerprint density at radius 1 is 1.12 bits per heavy atom. The summed E-state index contributed by atoms with van der Waals surface area (Å²) in [5, 5.41) is 2.77. The normalized spacial score (nSPS) is 12.3. The third-order valence-corrected chi connectivity index (χ3v) is 2.74. The van der Waals surface area contributed by atoms with Crippen molar-refractivity contribution in [3.63, 3.8) is 0 Å². The molecule has 0 heterocycles. The van der Waals surface area contributed by atoms with Gasteiger partial charge in [-0.05, 0) is 31.2 Å². The van der Waals surface area contributed by atoms with Gasteiger partial charge in [-0.3, -0.25) is 9.59 Å². The first-order valence-electron chi connectivity index (χ1n) is 5.51. The van der Waals surface area contributed by atoms with Gasteiger partial charge in [0, 0.05) is 17.2 Å². The van der Waals surface area contributed by atoms with E-state index in [1.165, 1.54) is 0 Å². The Morgan fingerprint density at radius 3 is 2.06 bits per heavy atom. The minimum atomic E-state index is -0.196. The number of rotatable bonds is 4. The maximum absolute atomic E-state index is 11.7. The highest BCUT2D eigenvalue weighted by Gasteiger charge is 2.12. The second kappa shape index (κ2) is 5.96. The van der Waals surface area contributed by atoms with Gasteiger partial charge in [-0.1, -0.05) is 29.8 Å². The van der Waals surface area contributed by atoms with Crippen molar-refractivity contribution in [3.8, 4) is 0 Å². The fraction of sp³-hybridized carbons (Fsp3) is 0.385. The molecule has 1 atom stereocenters. The summed E-state index contributed by atoms with van der Waals surface area (Å²) in [6, 6.07) is 6.91. The molecule has 0 radical (unpaired) electrons. The van der Waals surface area contributed by atoms with Crippen molar-refractivity contribution >= 4 is 33.3 Å². The third-order valence-electron chi connectivity index (χ3n) is 2.32. The zero-order chi connectivity index (χ0) is 13.0. The molecule has 17 heavy (non-hydrogen) atoms. The first-order valence-corrected chi connectivity index (χ1v) is 6.42. The summed E-state index contributed by atoms with van der Waals surface area (Å²) in [4.78, 5) is 22.9. The fourth-order valence-electron chi connectivity index (χ4n) is 1.23. The van der Waals surface area contributed by atoms with Crippen molar-refractivity contribution in [2.45, 2.75) is 25.6 Å². The van der Waals surface area contributed by atoms with Crippen molar-refractivity contribution in [1.29, 1.82) is 0 Å². The minimum absolute atomic E-state index is 0.0297. The predicted molar refractivity (Wildman–Crippen MR) is 72.6 cm³/mol. The third kappa shape index (κ3) is 3.97. The molecule has 1 amide bonds. The molecule has 1 unspecified atom stereocenters. The van der Waals surface area contributed by atoms with Crippen LogP contribution < -0.4 is 5.32 Å². The summed E-state index contributed by atoms with van der Waals surface area (Å²) in [7, 11) is 0. The number of halogens is 1. The Labute approximate surface area is 110 Å². The molecule has 0 saturated carbocycles. The van der Waals surface area contributed by atoms with E-state index in [0.29, 0.717) is 11.3 Å². The van der Waals surface area contributed by atoms with E-state index < -0.39 is 0 Å². The molecule has 1 N–H and O–H groups in total. The quantitative estimate of drug-likeness (QED) is 0.685.